The lowest BCUT2D eigenvalue weighted by Crippen LogP contribution is -2.32. The van der Waals surface area contributed by atoms with Crippen LogP contribution in [0.1, 0.15) is 39.7 Å². The molecule has 0 aliphatic heterocycles. The zero-order chi connectivity index (χ0) is 15.2. The Bertz CT molecular complexity index is 442. The highest BCUT2D eigenvalue weighted by Crippen LogP contribution is 2.25. The van der Waals surface area contributed by atoms with E-state index in [-0.39, 0.29) is 29.8 Å². The monoisotopic (exact) mass is 314 g/mol. The molecule has 21 heavy (non-hydrogen) atoms. The molecule has 0 spiro atoms. The molecule has 0 radical (unpaired) electrons. The van der Waals surface area contributed by atoms with Gasteiger partial charge in [-0.3, -0.25) is 4.79 Å². The third-order valence-electron chi connectivity index (χ3n) is 2.90. The molecule has 0 aromatic heterocycles. The fourth-order valence-corrected chi connectivity index (χ4v) is 1.78. The number of rotatable bonds is 6. The molecule has 0 heterocycles. The van der Waals surface area contributed by atoms with Crippen LogP contribution in [0, 0.1) is 0 Å². The Balaban J connectivity index is 0.00000400. The van der Waals surface area contributed by atoms with Crippen LogP contribution in [-0.4, -0.2) is 25.1 Å². The Hall–Kier alpha value is -1.26. The number of amides is 1. The molecule has 1 rings (SSSR count). The second-order valence-corrected chi connectivity index (χ2v) is 6.16. The number of nitrogens with one attached hydrogen (secondary N) is 1. The second-order valence-electron chi connectivity index (χ2n) is 6.16. The van der Waals surface area contributed by atoms with Crippen LogP contribution in [-0.2, 0) is 10.2 Å². The number of ether oxygens (including phenoxy) is 1. The van der Waals surface area contributed by atoms with Crippen LogP contribution in [0.25, 0.3) is 0 Å². The third kappa shape index (κ3) is 7.93. The van der Waals surface area contributed by atoms with E-state index in [1.54, 1.807) is 0 Å². The van der Waals surface area contributed by atoms with Gasteiger partial charge in [-0.15, -0.1) is 12.4 Å². The van der Waals surface area contributed by atoms with Crippen molar-refractivity contribution in [1.82, 2.24) is 5.32 Å². The molecule has 1 unspecified atom stereocenters. The van der Waals surface area contributed by atoms with Crippen molar-refractivity contribution < 1.29 is 9.53 Å². The number of carbonyl (C=O) groups is 1. The van der Waals surface area contributed by atoms with Crippen LogP contribution in [0.15, 0.2) is 24.3 Å². The first-order valence-corrected chi connectivity index (χ1v) is 7.04. The molecule has 1 atom stereocenters. The maximum Gasteiger partial charge on any atom is 0.221 e. The van der Waals surface area contributed by atoms with Gasteiger partial charge in [0.2, 0.25) is 5.91 Å². The van der Waals surface area contributed by atoms with Gasteiger partial charge < -0.3 is 15.8 Å². The summed E-state index contributed by atoms with van der Waals surface area (Å²) in [6.45, 7) is 9.26. The summed E-state index contributed by atoms with van der Waals surface area (Å²) in [4.78, 5) is 11.4. The van der Waals surface area contributed by atoms with Crippen molar-refractivity contribution in [2.24, 2.45) is 5.73 Å². The minimum absolute atomic E-state index is 0. The van der Waals surface area contributed by atoms with Crippen molar-refractivity contribution in [3.63, 3.8) is 0 Å². The Morgan fingerprint density at radius 1 is 1.38 bits per heavy atom. The lowest BCUT2D eigenvalue weighted by molar-refractivity contribution is -0.121. The van der Waals surface area contributed by atoms with Crippen molar-refractivity contribution in [3.05, 3.63) is 29.8 Å². The maximum absolute atomic E-state index is 11.4. The smallest absolute Gasteiger partial charge is 0.221 e. The average Bonchev–Trinajstić information content (AvgIpc) is 2.33. The van der Waals surface area contributed by atoms with Crippen molar-refractivity contribution in [1.29, 1.82) is 0 Å². The van der Waals surface area contributed by atoms with Gasteiger partial charge in [-0.1, -0.05) is 32.9 Å². The molecule has 5 heteroatoms. The normalized spacial score (nSPS) is 12.2. The van der Waals surface area contributed by atoms with E-state index < -0.39 is 0 Å². The molecular weight excluding hydrogens is 288 g/mol. The molecule has 0 saturated heterocycles. The summed E-state index contributed by atoms with van der Waals surface area (Å²) in [5, 5.41) is 2.79. The summed E-state index contributed by atoms with van der Waals surface area (Å²) in [5.74, 6) is 0.797. The van der Waals surface area contributed by atoms with Crippen LogP contribution in [0.5, 0.6) is 5.75 Å². The summed E-state index contributed by atoms with van der Waals surface area (Å²) >= 11 is 0. The van der Waals surface area contributed by atoms with Crippen molar-refractivity contribution in [2.45, 2.75) is 45.6 Å². The van der Waals surface area contributed by atoms with Gasteiger partial charge in [-0.05, 0) is 30.0 Å². The molecule has 3 N–H and O–H groups in total. The molecule has 1 amide bonds. The van der Waals surface area contributed by atoms with E-state index in [1.807, 2.05) is 25.1 Å². The molecule has 0 aliphatic carbocycles. The highest BCUT2D eigenvalue weighted by atomic mass is 35.5. The predicted molar refractivity (Wildman–Crippen MR) is 89.2 cm³/mol. The van der Waals surface area contributed by atoms with Gasteiger partial charge in [0, 0.05) is 12.5 Å². The van der Waals surface area contributed by atoms with E-state index in [0.29, 0.717) is 19.6 Å². The Kier molecular flexibility index (Phi) is 8.37. The highest BCUT2D eigenvalue weighted by Gasteiger charge is 2.13. The summed E-state index contributed by atoms with van der Waals surface area (Å²) in [7, 11) is 0. The third-order valence-corrected chi connectivity index (χ3v) is 2.90. The fraction of sp³-hybridized carbons (Fsp3) is 0.562. The quantitative estimate of drug-likeness (QED) is 0.793. The van der Waals surface area contributed by atoms with E-state index in [4.69, 9.17) is 10.5 Å². The largest absolute Gasteiger partial charge is 0.492 e. The van der Waals surface area contributed by atoms with Gasteiger partial charge in [-0.25, -0.2) is 0 Å². The number of hydrogen-bond acceptors (Lipinski definition) is 3. The first-order chi connectivity index (χ1) is 9.29. The molecule has 0 bridgehead atoms. The first kappa shape index (κ1) is 19.7. The van der Waals surface area contributed by atoms with Gasteiger partial charge in [0.05, 0.1) is 6.54 Å². The Morgan fingerprint density at radius 3 is 2.62 bits per heavy atom. The summed E-state index contributed by atoms with van der Waals surface area (Å²) in [5.41, 5.74) is 6.89. The van der Waals surface area contributed by atoms with Gasteiger partial charge in [0.15, 0.2) is 0 Å². The van der Waals surface area contributed by atoms with Crippen molar-refractivity contribution in [2.75, 3.05) is 13.2 Å². The summed E-state index contributed by atoms with van der Waals surface area (Å²) in [6.07, 6.45) is 0.347. The number of carbonyl (C=O) groups excluding carboxylic acids is 1. The van der Waals surface area contributed by atoms with E-state index >= 15 is 0 Å². The summed E-state index contributed by atoms with van der Waals surface area (Å²) < 4.78 is 5.65. The fourth-order valence-electron chi connectivity index (χ4n) is 1.78. The number of hydrogen-bond donors (Lipinski definition) is 2. The van der Waals surface area contributed by atoms with Crippen molar-refractivity contribution >= 4 is 18.3 Å². The predicted octanol–water partition coefficient (Wildman–Crippen LogP) is 2.64. The standard InChI is InChI=1S/C16H26N2O2.ClH/c1-12(17)10-15(19)18-8-9-20-14-7-5-6-13(11-14)16(2,3)4;/h5-7,11-12H,8-10,17H2,1-4H3,(H,18,19);1H. The van der Waals surface area contributed by atoms with Crippen LogP contribution in [0.2, 0.25) is 0 Å². The maximum atomic E-state index is 11.4. The molecular formula is C16H27ClN2O2. The molecule has 0 fully saturated rings. The molecule has 0 aliphatic rings. The SMILES string of the molecule is CC(N)CC(=O)NCCOc1cccc(C(C)(C)C)c1.Cl. The van der Waals surface area contributed by atoms with Crippen LogP contribution >= 0.6 is 12.4 Å². The molecule has 0 saturated carbocycles. The zero-order valence-corrected chi connectivity index (χ0v) is 14.1. The van der Waals surface area contributed by atoms with E-state index in [9.17, 15) is 4.79 Å². The zero-order valence-electron chi connectivity index (χ0n) is 13.3. The number of nitrogens with two attached hydrogens (primary N) is 1. The minimum atomic E-state index is -0.112. The van der Waals surface area contributed by atoms with E-state index in [0.717, 1.165) is 5.75 Å². The van der Waals surface area contributed by atoms with E-state index in [1.165, 1.54) is 5.56 Å². The second kappa shape index (κ2) is 8.90. The van der Waals surface area contributed by atoms with Gasteiger partial charge >= 0.3 is 0 Å². The average molecular weight is 315 g/mol. The van der Waals surface area contributed by atoms with Gasteiger partial charge in [-0.2, -0.15) is 0 Å². The van der Waals surface area contributed by atoms with Gasteiger partial charge in [0.1, 0.15) is 12.4 Å². The van der Waals surface area contributed by atoms with E-state index in [2.05, 4.69) is 32.2 Å². The van der Waals surface area contributed by atoms with Crippen LogP contribution in [0.3, 0.4) is 0 Å². The minimum Gasteiger partial charge on any atom is -0.492 e. The topological polar surface area (TPSA) is 64.4 Å². The Morgan fingerprint density at radius 2 is 2.05 bits per heavy atom. The summed E-state index contributed by atoms with van der Waals surface area (Å²) in [6, 6.07) is 7.95. The number of halogens is 1. The van der Waals surface area contributed by atoms with Crippen LogP contribution in [0.4, 0.5) is 0 Å². The molecule has 1 aromatic carbocycles. The first-order valence-electron chi connectivity index (χ1n) is 7.04. The van der Waals surface area contributed by atoms with Crippen molar-refractivity contribution in [3.8, 4) is 5.75 Å². The number of benzene rings is 1. The lowest BCUT2D eigenvalue weighted by Gasteiger charge is -2.19. The molecule has 120 valence electrons. The molecule has 4 nitrogen and oxygen atoms in total. The molecule has 1 aromatic rings. The van der Waals surface area contributed by atoms with Gasteiger partial charge in [0.25, 0.3) is 0 Å². The Labute approximate surface area is 133 Å². The highest BCUT2D eigenvalue weighted by molar-refractivity contribution is 5.85. The van der Waals surface area contributed by atoms with Crippen LogP contribution < -0.4 is 15.8 Å². The lowest BCUT2D eigenvalue weighted by atomic mass is 9.87.